The lowest BCUT2D eigenvalue weighted by Crippen LogP contribution is -2.49. The van der Waals surface area contributed by atoms with Crippen LogP contribution in [0.4, 0.5) is 9.93 Å². The van der Waals surface area contributed by atoms with Crippen molar-refractivity contribution in [1.82, 2.24) is 15.2 Å². The van der Waals surface area contributed by atoms with Gasteiger partial charge in [0.1, 0.15) is 12.1 Å². The Morgan fingerprint density at radius 3 is 2.40 bits per heavy atom. The summed E-state index contributed by atoms with van der Waals surface area (Å²) in [6, 6.07) is -1.70. The number of carbonyl (C=O) groups is 3. The maximum absolute atomic E-state index is 13.2. The Hall–Kier alpha value is -1.96. The fourth-order valence-electron chi connectivity index (χ4n) is 5.30. The zero-order chi connectivity index (χ0) is 20.9. The quantitative estimate of drug-likeness (QED) is 0.628. The molecule has 2 N–H and O–H groups in total. The zero-order valence-electron chi connectivity index (χ0n) is 17.5. The van der Waals surface area contributed by atoms with Gasteiger partial charge < -0.3 is 10.6 Å². The molecule has 2 heterocycles. The van der Waals surface area contributed by atoms with E-state index >= 15 is 0 Å². The van der Waals surface area contributed by atoms with Gasteiger partial charge in [-0.2, -0.15) is 0 Å². The first-order valence-corrected chi connectivity index (χ1v) is 12.3. The molecule has 2 saturated carbocycles. The van der Waals surface area contributed by atoms with Crippen LogP contribution in [0.3, 0.4) is 0 Å². The van der Waals surface area contributed by atoms with E-state index in [2.05, 4.69) is 15.6 Å². The van der Waals surface area contributed by atoms with Crippen molar-refractivity contribution >= 4 is 34.3 Å². The normalized spacial score (nSPS) is 24.7. The summed E-state index contributed by atoms with van der Waals surface area (Å²) in [7, 11) is 0. The Morgan fingerprint density at radius 2 is 1.77 bits per heavy atom. The maximum Gasteiger partial charge on any atom is 0.325 e. The van der Waals surface area contributed by atoms with Crippen molar-refractivity contribution in [3.05, 3.63) is 11.6 Å². The smallest absolute Gasteiger partial charge is 0.325 e. The lowest BCUT2D eigenvalue weighted by molar-refractivity contribution is -0.134. The van der Waals surface area contributed by atoms with Gasteiger partial charge in [0.05, 0.1) is 0 Å². The van der Waals surface area contributed by atoms with Gasteiger partial charge >= 0.3 is 6.03 Å². The second-order valence-electron chi connectivity index (χ2n) is 9.03. The molecule has 2 atom stereocenters. The fraction of sp³-hybridized carbons (Fsp3) is 0.727. The van der Waals surface area contributed by atoms with E-state index in [1.807, 2.05) is 0 Å². The summed E-state index contributed by atoms with van der Waals surface area (Å²) in [5.41, 5.74) is 0. The molecule has 0 radical (unpaired) electrons. The fourth-order valence-corrected chi connectivity index (χ4v) is 5.83. The standard InChI is InChI=1S/C22H32N4O3S/c27-19(25-21-23-11-12-30-21)18(14-16-9-5-2-6-10-16)26-20(28)17(24-22(26)29)13-15-7-3-1-4-8-15/h11-12,15-18H,1-10,13-14H2,(H,24,29)(H,23,25,27). The van der Waals surface area contributed by atoms with Gasteiger partial charge in [0, 0.05) is 11.6 Å². The van der Waals surface area contributed by atoms with E-state index in [4.69, 9.17) is 0 Å². The number of hydrogen-bond donors (Lipinski definition) is 2. The summed E-state index contributed by atoms with van der Waals surface area (Å²) in [5, 5.41) is 7.99. The number of thiazole rings is 1. The van der Waals surface area contributed by atoms with E-state index in [0.717, 1.165) is 38.5 Å². The molecule has 3 fully saturated rings. The molecule has 1 aromatic heterocycles. The van der Waals surface area contributed by atoms with Gasteiger partial charge in [0.25, 0.3) is 5.91 Å². The lowest BCUT2D eigenvalue weighted by atomic mass is 9.83. The molecule has 0 aromatic carbocycles. The molecule has 2 aliphatic carbocycles. The molecule has 1 aliphatic heterocycles. The molecule has 4 rings (SSSR count). The highest BCUT2D eigenvalue weighted by Gasteiger charge is 2.46. The summed E-state index contributed by atoms with van der Waals surface area (Å²) in [4.78, 5) is 44.5. The second-order valence-corrected chi connectivity index (χ2v) is 9.93. The van der Waals surface area contributed by atoms with Crippen LogP contribution in [0.2, 0.25) is 0 Å². The van der Waals surface area contributed by atoms with E-state index in [1.54, 1.807) is 11.6 Å². The third kappa shape index (κ3) is 5.02. The van der Waals surface area contributed by atoms with Crippen LogP contribution in [0.25, 0.3) is 0 Å². The predicted molar refractivity (Wildman–Crippen MR) is 116 cm³/mol. The predicted octanol–water partition coefficient (Wildman–Crippen LogP) is 4.31. The third-order valence-electron chi connectivity index (χ3n) is 6.90. The first-order valence-electron chi connectivity index (χ1n) is 11.5. The van der Waals surface area contributed by atoms with Gasteiger partial charge in [-0.25, -0.2) is 14.7 Å². The van der Waals surface area contributed by atoms with Crippen molar-refractivity contribution < 1.29 is 14.4 Å². The molecule has 0 bridgehead atoms. The Kier molecular flexibility index (Phi) is 7.02. The first-order chi connectivity index (χ1) is 14.6. The zero-order valence-corrected chi connectivity index (χ0v) is 18.3. The molecule has 1 saturated heterocycles. The van der Waals surface area contributed by atoms with Crippen LogP contribution in [0.1, 0.15) is 77.0 Å². The van der Waals surface area contributed by atoms with E-state index in [-0.39, 0.29) is 11.8 Å². The molecular formula is C22H32N4O3S. The topological polar surface area (TPSA) is 91.4 Å². The van der Waals surface area contributed by atoms with E-state index in [0.29, 0.717) is 29.8 Å². The van der Waals surface area contributed by atoms with E-state index in [1.165, 1.54) is 41.9 Å². The second kappa shape index (κ2) is 9.90. The van der Waals surface area contributed by atoms with Crippen molar-refractivity contribution in [2.45, 2.75) is 89.1 Å². The number of aromatic nitrogens is 1. The highest BCUT2D eigenvalue weighted by atomic mass is 32.1. The molecule has 30 heavy (non-hydrogen) atoms. The monoisotopic (exact) mass is 432 g/mol. The average Bonchev–Trinajstić information content (AvgIpc) is 3.36. The van der Waals surface area contributed by atoms with E-state index < -0.39 is 18.1 Å². The molecule has 3 aliphatic rings. The lowest BCUT2D eigenvalue weighted by Gasteiger charge is -2.30. The Morgan fingerprint density at radius 1 is 1.10 bits per heavy atom. The van der Waals surface area contributed by atoms with Gasteiger partial charge in [-0.3, -0.25) is 9.59 Å². The molecule has 1 aromatic rings. The van der Waals surface area contributed by atoms with E-state index in [9.17, 15) is 14.4 Å². The van der Waals surface area contributed by atoms with Crippen LogP contribution in [0.5, 0.6) is 0 Å². The number of imide groups is 1. The van der Waals surface area contributed by atoms with Crippen LogP contribution in [-0.4, -0.2) is 39.8 Å². The summed E-state index contributed by atoms with van der Waals surface area (Å²) in [5.74, 6) is 0.302. The van der Waals surface area contributed by atoms with Gasteiger partial charge in [-0.1, -0.05) is 64.2 Å². The number of amides is 4. The molecule has 8 heteroatoms. The first kappa shape index (κ1) is 21.3. The summed E-state index contributed by atoms with van der Waals surface area (Å²) >= 11 is 1.34. The van der Waals surface area contributed by atoms with Crippen molar-refractivity contribution in [3.63, 3.8) is 0 Å². The maximum atomic E-state index is 13.2. The minimum Gasteiger partial charge on any atom is -0.326 e. The minimum absolute atomic E-state index is 0.235. The number of urea groups is 1. The van der Waals surface area contributed by atoms with Gasteiger partial charge in [0.15, 0.2) is 5.13 Å². The van der Waals surface area contributed by atoms with Crippen LogP contribution in [0.15, 0.2) is 11.6 Å². The van der Waals surface area contributed by atoms with Gasteiger partial charge in [-0.05, 0) is 24.7 Å². The Labute approximate surface area is 182 Å². The number of nitrogens with zero attached hydrogens (tertiary/aromatic N) is 2. The molecule has 7 nitrogen and oxygen atoms in total. The van der Waals surface area contributed by atoms with Gasteiger partial charge in [-0.15, -0.1) is 11.3 Å². The largest absolute Gasteiger partial charge is 0.326 e. The Bertz CT molecular complexity index is 742. The SMILES string of the molecule is O=C(Nc1nccs1)C(CC1CCCCC1)N1C(=O)NC(CC2CCCCC2)C1=O. The van der Waals surface area contributed by atoms with Crippen molar-refractivity contribution in [1.29, 1.82) is 0 Å². The molecule has 2 unspecified atom stereocenters. The van der Waals surface area contributed by atoms with Crippen molar-refractivity contribution in [3.8, 4) is 0 Å². The number of carbonyl (C=O) groups excluding carboxylic acids is 3. The average molecular weight is 433 g/mol. The molecule has 4 amide bonds. The van der Waals surface area contributed by atoms with Crippen LogP contribution >= 0.6 is 11.3 Å². The summed E-state index contributed by atoms with van der Waals surface area (Å²) in [6.45, 7) is 0. The molecule has 0 spiro atoms. The van der Waals surface area contributed by atoms with Crippen LogP contribution < -0.4 is 10.6 Å². The number of rotatable bonds is 7. The van der Waals surface area contributed by atoms with Crippen LogP contribution in [0, 0.1) is 11.8 Å². The van der Waals surface area contributed by atoms with Crippen molar-refractivity contribution in [2.24, 2.45) is 11.8 Å². The minimum atomic E-state index is -0.777. The van der Waals surface area contributed by atoms with Gasteiger partial charge in [0.2, 0.25) is 5.91 Å². The highest BCUT2D eigenvalue weighted by molar-refractivity contribution is 7.13. The number of nitrogens with one attached hydrogen (secondary N) is 2. The third-order valence-corrected chi connectivity index (χ3v) is 7.59. The summed E-state index contributed by atoms with van der Waals surface area (Å²) in [6.07, 6.45) is 14.4. The number of anilines is 1. The summed E-state index contributed by atoms with van der Waals surface area (Å²) < 4.78 is 0. The molecular weight excluding hydrogens is 400 g/mol. The van der Waals surface area contributed by atoms with Crippen molar-refractivity contribution in [2.75, 3.05) is 5.32 Å². The molecule has 164 valence electrons. The number of hydrogen-bond acceptors (Lipinski definition) is 5. The highest BCUT2D eigenvalue weighted by Crippen LogP contribution is 2.32. The Balaban J connectivity index is 1.48. The van der Waals surface area contributed by atoms with Crippen LogP contribution in [-0.2, 0) is 9.59 Å².